The number of ether oxygens (including phenoxy) is 1. The molecular formula is C24H30N2O5. The largest absolute Gasteiger partial charge is 0.480 e. The minimum absolute atomic E-state index is 0.106. The number of amides is 2. The number of carbonyl (C=O) groups is 3. The van der Waals surface area contributed by atoms with Gasteiger partial charge in [-0.1, -0.05) is 60.7 Å². The van der Waals surface area contributed by atoms with E-state index in [0.717, 1.165) is 11.1 Å². The van der Waals surface area contributed by atoms with E-state index in [1.54, 1.807) is 20.8 Å². The number of benzene rings is 2. The number of carboxylic acid groups (broad SMARTS) is 1. The molecule has 2 N–H and O–H groups in total. The quantitative estimate of drug-likeness (QED) is 0.672. The van der Waals surface area contributed by atoms with Gasteiger partial charge in [0.05, 0.1) is 0 Å². The van der Waals surface area contributed by atoms with E-state index < -0.39 is 35.7 Å². The van der Waals surface area contributed by atoms with Crippen LogP contribution in [0.3, 0.4) is 0 Å². The van der Waals surface area contributed by atoms with Crippen molar-refractivity contribution in [3.05, 3.63) is 71.8 Å². The molecule has 0 saturated heterocycles. The fraction of sp³-hybridized carbons (Fsp3) is 0.375. The lowest BCUT2D eigenvalue weighted by atomic mass is 10.0. The highest BCUT2D eigenvalue weighted by Crippen LogP contribution is 2.15. The Morgan fingerprint density at radius 1 is 0.968 bits per heavy atom. The molecule has 0 aliphatic carbocycles. The van der Waals surface area contributed by atoms with Crippen molar-refractivity contribution in [2.75, 3.05) is 0 Å². The average molecular weight is 427 g/mol. The van der Waals surface area contributed by atoms with E-state index in [-0.39, 0.29) is 13.0 Å². The van der Waals surface area contributed by atoms with Crippen LogP contribution in [0.1, 0.15) is 38.8 Å². The summed E-state index contributed by atoms with van der Waals surface area (Å²) in [5, 5.41) is 12.2. The maximum Gasteiger partial charge on any atom is 0.408 e. The molecular weight excluding hydrogens is 396 g/mol. The molecule has 0 heterocycles. The Morgan fingerprint density at radius 3 is 1.97 bits per heavy atom. The first kappa shape index (κ1) is 23.9. The summed E-state index contributed by atoms with van der Waals surface area (Å²) in [6.45, 7) is 6.75. The summed E-state index contributed by atoms with van der Waals surface area (Å²) >= 11 is 0. The van der Waals surface area contributed by atoms with E-state index in [0.29, 0.717) is 0 Å². The van der Waals surface area contributed by atoms with Crippen LogP contribution in [0.4, 0.5) is 4.79 Å². The molecule has 0 fully saturated rings. The smallest absolute Gasteiger partial charge is 0.408 e. The van der Waals surface area contributed by atoms with Gasteiger partial charge in [0.2, 0.25) is 5.91 Å². The number of hydrogen-bond donors (Lipinski definition) is 2. The number of carbonyl (C=O) groups excluding carboxylic acids is 2. The zero-order chi connectivity index (χ0) is 23.0. The van der Waals surface area contributed by atoms with Crippen molar-refractivity contribution in [3.8, 4) is 0 Å². The number of alkyl carbamates (subject to hydrolysis) is 1. The summed E-state index contributed by atoms with van der Waals surface area (Å²) < 4.78 is 5.32. The fourth-order valence-corrected chi connectivity index (χ4v) is 3.02. The third-order valence-electron chi connectivity index (χ3n) is 4.58. The van der Waals surface area contributed by atoms with Crippen LogP contribution in [0.25, 0.3) is 0 Å². The minimum Gasteiger partial charge on any atom is -0.480 e. The van der Waals surface area contributed by atoms with Crippen molar-refractivity contribution in [2.45, 2.75) is 58.3 Å². The topological polar surface area (TPSA) is 95.9 Å². The maximum absolute atomic E-state index is 13.5. The average Bonchev–Trinajstić information content (AvgIpc) is 2.70. The van der Waals surface area contributed by atoms with Crippen LogP contribution in [-0.2, 0) is 27.3 Å². The molecule has 7 heteroatoms. The molecule has 2 atom stereocenters. The maximum atomic E-state index is 13.5. The first-order valence-electron chi connectivity index (χ1n) is 10.2. The number of rotatable bonds is 8. The van der Waals surface area contributed by atoms with Crippen LogP contribution in [0, 0.1) is 0 Å². The second kappa shape index (κ2) is 10.6. The van der Waals surface area contributed by atoms with Crippen molar-refractivity contribution < 1.29 is 24.2 Å². The van der Waals surface area contributed by atoms with E-state index >= 15 is 0 Å². The third kappa shape index (κ3) is 7.77. The highest BCUT2D eigenvalue weighted by atomic mass is 16.6. The lowest BCUT2D eigenvalue weighted by molar-refractivity contribution is -0.150. The number of nitrogens with one attached hydrogen (secondary N) is 1. The van der Waals surface area contributed by atoms with E-state index in [1.165, 1.54) is 11.8 Å². The molecule has 0 saturated carbocycles. The van der Waals surface area contributed by atoms with Crippen LogP contribution in [-0.4, -0.2) is 45.7 Å². The molecule has 0 aromatic heterocycles. The van der Waals surface area contributed by atoms with Gasteiger partial charge < -0.3 is 20.1 Å². The summed E-state index contributed by atoms with van der Waals surface area (Å²) in [5.74, 6) is -1.62. The molecule has 2 amide bonds. The summed E-state index contributed by atoms with van der Waals surface area (Å²) in [5.41, 5.74) is 0.891. The predicted molar refractivity (Wildman–Crippen MR) is 117 cm³/mol. The van der Waals surface area contributed by atoms with Gasteiger partial charge in [-0.15, -0.1) is 0 Å². The van der Waals surface area contributed by atoms with Crippen molar-refractivity contribution in [3.63, 3.8) is 0 Å². The highest BCUT2D eigenvalue weighted by molar-refractivity contribution is 5.89. The molecule has 0 bridgehead atoms. The molecule has 0 aliphatic rings. The highest BCUT2D eigenvalue weighted by Gasteiger charge is 2.33. The number of carboxylic acids is 1. The van der Waals surface area contributed by atoms with Crippen molar-refractivity contribution in [1.29, 1.82) is 0 Å². The van der Waals surface area contributed by atoms with E-state index in [1.807, 2.05) is 60.7 Å². The van der Waals surface area contributed by atoms with Crippen LogP contribution in [0.15, 0.2) is 60.7 Å². The summed E-state index contributed by atoms with van der Waals surface area (Å²) in [7, 11) is 0. The van der Waals surface area contributed by atoms with Crippen molar-refractivity contribution in [1.82, 2.24) is 10.2 Å². The van der Waals surface area contributed by atoms with Crippen LogP contribution >= 0.6 is 0 Å². The zero-order valence-electron chi connectivity index (χ0n) is 18.4. The molecule has 0 aliphatic heterocycles. The summed E-state index contributed by atoms with van der Waals surface area (Å²) in [4.78, 5) is 38.9. The van der Waals surface area contributed by atoms with Crippen molar-refractivity contribution in [2.24, 2.45) is 0 Å². The second-order valence-corrected chi connectivity index (χ2v) is 8.35. The fourth-order valence-electron chi connectivity index (χ4n) is 3.02. The van der Waals surface area contributed by atoms with Crippen molar-refractivity contribution >= 4 is 18.0 Å². The van der Waals surface area contributed by atoms with E-state index in [4.69, 9.17) is 4.74 Å². The minimum atomic E-state index is -1.12. The molecule has 0 unspecified atom stereocenters. The molecule has 0 radical (unpaired) electrons. The van der Waals surface area contributed by atoms with Gasteiger partial charge >= 0.3 is 12.1 Å². The molecule has 2 rings (SSSR count). The molecule has 2 aromatic carbocycles. The predicted octanol–water partition coefficient (Wildman–Crippen LogP) is 3.62. The van der Waals surface area contributed by atoms with Crippen LogP contribution < -0.4 is 5.32 Å². The molecule has 31 heavy (non-hydrogen) atoms. The Balaban J connectivity index is 2.32. The number of hydrogen-bond acceptors (Lipinski definition) is 4. The lowest BCUT2D eigenvalue weighted by Crippen LogP contribution is -2.54. The van der Waals surface area contributed by atoms with Gasteiger partial charge in [0, 0.05) is 13.0 Å². The second-order valence-electron chi connectivity index (χ2n) is 8.35. The Labute approximate surface area is 183 Å². The van der Waals surface area contributed by atoms with E-state index in [9.17, 15) is 19.5 Å². The monoisotopic (exact) mass is 426 g/mol. The van der Waals surface area contributed by atoms with Gasteiger partial charge in [0.25, 0.3) is 0 Å². The Bertz CT molecular complexity index is 878. The van der Waals surface area contributed by atoms with E-state index in [2.05, 4.69) is 5.32 Å². The van der Waals surface area contributed by atoms with Gasteiger partial charge in [0.15, 0.2) is 0 Å². The molecule has 0 spiro atoms. The van der Waals surface area contributed by atoms with Crippen LogP contribution in [0.2, 0.25) is 0 Å². The van der Waals surface area contributed by atoms with Gasteiger partial charge in [-0.05, 0) is 38.8 Å². The third-order valence-corrected chi connectivity index (χ3v) is 4.58. The standard InChI is InChI=1S/C24H30N2O5/c1-17(22(28)29)26(16-19-13-9-6-10-14-19)21(27)20(15-18-11-7-5-8-12-18)25-23(30)31-24(2,3)4/h5-14,17,20H,15-16H2,1-4H3,(H,25,30)(H,28,29)/t17-,20-/m1/s1. The number of nitrogens with zero attached hydrogens (tertiary/aromatic N) is 1. The SMILES string of the molecule is C[C@H](C(=O)O)N(Cc1ccccc1)C(=O)[C@@H](Cc1ccccc1)NC(=O)OC(C)(C)C. The molecule has 2 aromatic rings. The summed E-state index contributed by atoms with van der Waals surface area (Å²) in [6, 6.07) is 16.3. The zero-order valence-corrected chi connectivity index (χ0v) is 18.4. The molecule has 7 nitrogen and oxygen atoms in total. The normalized spacial score (nSPS) is 13.0. The Morgan fingerprint density at radius 2 is 1.48 bits per heavy atom. The first-order valence-corrected chi connectivity index (χ1v) is 10.2. The van der Waals surface area contributed by atoms with Gasteiger partial charge in [-0.2, -0.15) is 0 Å². The Kier molecular flexibility index (Phi) is 8.19. The van der Waals surface area contributed by atoms with Gasteiger partial charge in [-0.25, -0.2) is 9.59 Å². The Hall–Kier alpha value is -3.35. The number of aliphatic carboxylic acids is 1. The summed E-state index contributed by atoms with van der Waals surface area (Å²) in [6.07, 6.45) is -0.527. The van der Waals surface area contributed by atoms with Gasteiger partial charge in [0.1, 0.15) is 17.7 Å². The van der Waals surface area contributed by atoms with Gasteiger partial charge in [-0.3, -0.25) is 4.79 Å². The van der Waals surface area contributed by atoms with Crippen LogP contribution in [0.5, 0.6) is 0 Å². The first-order chi connectivity index (χ1) is 14.6. The molecule has 166 valence electrons. The lowest BCUT2D eigenvalue weighted by Gasteiger charge is -2.31.